The number of nitrogens with zero attached hydrogens (tertiary/aromatic N) is 2. The van der Waals surface area contributed by atoms with Crippen LogP contribution in [0.5, 0.6) is 5.75 Å². The number of rotatable bonds is 6. The number of alkyl carbamates (subject to hydrolysis) is 1. The van der Waals surface area contributed by atoms with E-state index in [0.717, 1.165) is 5.56 Å². The molecule has 0 spiro atoms. The Bertz CT molecular complexity index is 1390. The predicted octanol–water partition coefficient (Wildman–Crippen LogP) is 4.44. The summed E-state index contributed by atoms with van der Waals surface area (Å²) >= 11 is 0. The van der Waals surface area contributed by atoms with Crippen LogP contribution in [-0.2, 0) is 24.4 Å². The number of halogens is 1. The highest BCUT2D eigenvalue weighted by atomic mass is 19.1. The summed E-state index contributed by atoms with van der Waals surface area (Å²) in [5, 5.41) is 16.2. The number of hydrogen-bond donors (Lipinski definition) is 3. The Hall–Kier alpha value is -4.21. The van der Waals surface area contributed by atoms with Crippen molar-refractivity contribution in [3.05, 3.63) is 93.4 Å². The van der Waals surface area contributed by atoms with Crippen LogP contribution in [-0.4, -0.2) is 26.7 Å². The zero-order chi connectivity index (χ0) is 28.2. The Morgan fingerprint density at radius 3 is 2.51 bits per heavy atom. The largest absolute Gasteiger partial charge is 0.501 e. The van der Waals surface area contributed by atoms with Gasteiger partial charge in [0.2, 0.25) is 5.75 Å². The highest BCUT2D eigenvalue weighted by Crippen LogP contribution is 2.41. The lowest BCUT2D eigenvalue weighted by atomic mass is 9.75. The van der Waals surface area contributed by atoms with Crippen molar-refractivity contribution in [2.75, 3.05) is 0 Å². The lowest BCUT2D eigenvalue weighted by molar-refractivity contribution is 0.0937. The normalized spacial score (nSPS) is 18.3. The number of carbonyl (C=O) groups is 2. The second-order valence-electron chi connectivity index (χ2n) is 10.7. The second kappa shape index (κ2) is 11.7. The van der Waals surface area contributed by atoms with Crippen LogP contribution < -0.4 is 16.2 Å². The lowest BCUT2D eigenvalue weighted by Gasteiger charge is -2.39. The van der Waals surface area contributed by atoms with E-state index < -0.39 is 46.3 Å². The van der Waals surface area contributed by atoms with Crippen LogP contribution >= 0.6 is 0 Å². The van der Waals surface area contributed by atoms with Crippen molar-refractivity contribution >= 4 is 12.0 Å². The molecular formula is C29H33FN4O5. The second-order valence-corrected chi connectivity index (χ2v) is 10.7. The third-order valence-electron chi connectivity index (χ3n) is 6.99. The molecule has 0 saturated carbocycles. The minimum Gasteiger partial charge on any atom is -0.501 e. The van der Waals surface area contributed by atoms with Gasteiger partial charge >= 0.3 is 6.09 Å². The molecule has 3 N–H and O–H groups in total. The van der Waals surface area contributed by atoms with Crippen LogP contribution in [0.15, 0.2) is 59.4 Å². The molecule has 0 radical (unpaired) electrons. The molecule has 1 aliphatic rings. The van der Waals surface area contributed by atoms with E-state index >= 15 is 0 Å². The number of aromatic nitrogens is 2. The molecule has 3 aromatic rings. The molecule has 206 valence electrons. The van der Waals surface area contributed by atoms with Gasteiger partial charge in [-0.1, -0.05) is 63.2 Å². The van der Waals surface area contributed by atoms with Crippen LogP contribution in [0, 0.1) is 17.2 Å². The first-order valence-electron chi connectivity index (χ1n) is 12.9. The van der Waals surface area contributed by atoms with Crippen LogP contribution in [0.4, 0.5) is 9.18 Å². The van der Waals surface area contributed by atoms with Crippen LogP contribution in [0.25, 0.3) is 0 Å². The molecule has 1 unspecified atom stereocenters. The minimum atomic E-state index is -0.791. The molecule has 0 aliphatic carbocycles. The number of carbonyl (C=O) groups excluding carboxylic acids is 2. The molecule has 0 saturated heterocycles. The summed E-state index contributed by atoms with van der Waals surface area (Å²) in [6.07, 6.45) is 0.666. The van der Waals surface area contributed by atoms with Crippen molar-refractivity contribution in [3.63, 3.8) is 0 Å². The van der Waals surface area contributed by atoms with Gasteiger partial charge in [-0.05, 0) is 47.4 Å². The fraction of sp³-hybridized carbons (Fsp3) is 0.379. The van der Waals surface area contributed by atoms with Gasteiger partial charge < -0.3 is 20.5 Å². The third-order valence-corrected chi connectivity index (χ3v) is 6.99. The van der Waals surface area contributed by atoms with Crippen molar-refractivity contribution in [2.24, 2.45) is 11.3 Å². The summed E-state index contributed by atoms with van der Waals surface area (Å²) in [7, 11) is 0. The molecule has 0 bridgehead atoms. The Morgan fingerprint density at radius 1 is 1.13 bits per heavy atom. The zero-order valence-corrected chi connectivity index (χ0v) is 22.2. The molecule has 9 nitrogen and oxygen atoms in total. The monoisotopic (exact) mass is 536 g/mol. The van der Waals surface area contributed by atoms with E-state index in [1.54, 1.807) is 0 Å². The Balaban J connectivity index is 1.65. The number of nitrogens with one attached hydrogen (secondary N) is 2. The fourth-order valence-electron chi connectivity index (χ4n) is 4.98. The molecule has 1 aliphatic heterocycles. The Morgan fingerprint density at radius 2 is 1.82 bits per heavy atom. The summed E-state index contributed by atoms with van der Waals surface area (Å²) in [6, 6.07) is 14.0. The summed E-state index contributed by atoms with van der Waals surface area (Å²) in [6.45, 7) is 6.33. The SMILES string of the molecule is CC1CCn2c(nc(C(=O)NCc3ccc(F)cc3)c(O)c2=O)[C@H](NC(=O)OCc2ccccc2)C(C)(C)C1. The average molecular weight is 537 g/mol. The van der Waals surface area contributed by atoms with Crippen LogP contribution in [0.2, 0.25) is 0 Å². The zero-order valence-electron chi connectivity index (χ0n) is 22.2. The molecule has 2 aromatic carbocycles. The van der Waals surface area contributed by atoms with Crippen LogP contribution in [0.1, 0.15) is 67.1 Å². The van der Waals surface area contributed by atoms with Gasteiger partial charge in [-0.2, -0.15) is 0 Å². The Labute approximate surface area is 226 Å². The molecule has 2 amide bonds. The maximum atomic E-state index is 13.3. The summed E-state index contributed by atoms with van der Waals surface area (Å²) in [5.74, 6) is -1.57. The van der Waals surface area contributed by atoms with Crippen molar-refractivity contribution < 1.29 is 23.8 Å². The van der Waals surface area contributed by atoms with E-state index in [1.807, 2.05) is 44.2 Å². The molecule has 1 aromatic heterocycles. The topological polar surface area (TPSA) is 123 Å². The number of benzene rings is 2. The fourth-order valence-corrected chi connectivity index (χ4v) is 4.98. The maximum absolute atomic E-state index is 13.3. The van der Waals surface area contributed by atoms with E-state index in [1.165, 1.54) is 28.8 Å². The smallest absolute Gasteiger partial charge is 0.408 e. The van der Waals surface area contributed by atoms with Gasteiger partial charge in [0.25, 0.3) is 11.5 Å². The molecule has 2 atom stereocenters. The van der Waals surface area contributed by atoms with Gasteiger partial charge in [0.15, 0.2) is 5.69 Å². The van der Waals surface area contributed by atoms with Gasteiger partial charge in [-0.3, -0.25) is 14.2 Å². The molecular weight excluding hydrogens is 503 g/mol. The van der Waals surface area contributed by atoms with E-state index in [4.69, 9.17) is 4.74 Å². The van der Waals surface area contributed by atoms with Gasteiger partial charge in [0.1, 0.15) is 18.2 Å². The first-order chi connectivity index (χ1) is 18.5. The van der Waals surface area contributed by atoms with Crippen molar-refractivity contribution in [1.29, 1.82) is 0 Å². The van der Waals surface area contributed by atoms with Gasteiger partial charge in [-0.15, -0.1) is 0 Å². The van der Waals surface area contributed by atoms with Gasteiger partial charge in [0, 0.05) is 13.1 Å². The van der Waals surface area contributed by atoms with Crippen molar-refractivity contribution in [2.45, 2.75) is 59.4 Å². The third kappa shape index (κ3) is 6.63. The van der Waals surface area contributed by atoms with Gasteiger partial charge in [-0.25, -0.2) is 14.2 Å². The van der Waals surface area contributed by atoms with Crippen LogP contribution in [0.3, 0.4) is 0 Å². The summed E-state index contributed by atoms with van der Waals surface area (Å²) in [4.78, 5) is 43.7. The standard InChI is InChI=1S/C29H33FN4O5/c1-18-13-14-34-25(24(29(2,3)15-18)33-28(38)39-17-20-7-5-4-6-8-20)32-22(23(35)27(34)37)26(36)31-16-19-9-11-21(30)12-10-19/h4-12,18,24,35H,13-17H2,1-3H3,(H,31,36)(H,33,38)/t18?,24-/m0/s1. The highest BCUT2D eigenvalue weighted by Gasteiger charge is 2.39. The molecule has 10 heteroatoms. The summed E-state index contributed by atoms with van der Waals surface area (Å²) < 4.78 is 20.0. The number of hydrogen-bond acceptors (Lipinski definition) is 6. The Kier molecular flexibility index (Phi) is 8.32. The summed E-state index contributed by atoms with van der Waals surface area (Å²) in [5.41, 5.74) is -0.337. The molecule has 4 rings (SSSR count). The number of fused-ring (bicyclic) bond motifs is 1. The predicted molar refractivity (Wildman–Crippen MR) is 142 cm³/mol. The maximum Gasteiger partial charge on any atom is 0.408 e. The number of ether oxygens (including phenoxy) is 1. The quantitative estimate of drug-likeness (QED) is 0.428. The van der Waals surface area contributed by atoms with E-state index in [2.05, 4.69) is 22.5 Å². The number of aromatic hydroxyl groups is 1. The van der Waals surface area contributed by atoms with E-state index in [0.29, 0.717) is 18.4 Å². The number of amides is 2. The van der Waals surface area contributed by atoms with Crippen molar-refractivity contribution in [3.8, 4) is 5.75 Å². The van der Waals surface area contributed by atoms with Crippen molar-refractivity contribution in [1.82, 2.24) is 20.2 Å². The average Bonchev–Trinajstić information content (AvgIpc) is 2.90. The van der Waals surface area contributed by atoms with E-state index in [9.17, 15) is 23.9 Å². The first-order valence-corrected chi connectivity index (χ1v) is 12.9. The molecule has 0 fully saturated rings. The molecule has 39 heavy (non-hydrogen) atoms. The van der Waals surface area contributed by atoms with E-state index in [-0.39, 0.29) is 31.4 Å². The molecule has 2 heterocycles. The lowest BCUT2D eigenvalue weighted by Crippen LogP contribution is -2.45. The minimum absolute atomic E-state index is 0.0369. The van der Waals surface area contributed by atoms with Gasteiger partial charge in [0.05, 0.1) is 6.04 Å². The highest BCUT2D eigenvalue weighted by molar-refractivity contribution is 5.94. The first kappa shape index (κ1) is 27.8.